The molecular weight excluding hydrogens is 1070 g/mol. The van der Waals surface area contributed by atoms with Crippen LogP contribution >= 0.6 is 22.9 Å². The standard InChI is InChI=1S/C16H15NO3.C14H19ClN2O4.C7H16N2O.C7H9NO2S.C6H13NO4.C3H7NO2/c17-14(16(19)20)10-11-6-8-13(9-7-11)15(18)12-4-2-1-3-5-12;15-11-5-2-1-4-10(11)7-9-21-14(20)17-8-3-6-12(16)13(18)19;1-7(10)9-6-4-2-3-5-8;8-6(7(9)10)4-5-2-1-3-11-5;1-2-4(11-10)3-5(7)6(8)9;1-2(4)3(5)6/h1-9,14H,10,17H2,(H,19,20);1-2,4-5,12H,3,6-9,16H2,(H,17,20)(H,18,19);2-6,8H2,1H3,(H,9,10);1-3,6H,4,8H2,(H,9,10);4-5,10H,2-3,7H2,1H3,(H,8,9);2H,4H2,1H3,(H,5,6)/t;;;6-;;/m...0../s1. The van der Waals surface area contributed by atoms with Crippen LogP contribution in [0.3, 0.4) is 0 Å². The summed E-state index contributed by atoms with van der Waals surface area (Å²) in [7, 11) is 0. The van der Waals surface area contributed by atoms with Crippen molar-refractivity contribution in [3.63, 3.8) is 0 Å². The van der Waals surface area contributed by atoms with E-state index in [0.717, 1.165) is 48.4 Å². The molecule has 0 saturated heterocycles. The van der Waals surface area contributed by atoms with Gasteiger partial charge in [-0.2, -0.15) is 0 Å². The van der Waals surface area contributed by atoms with Crippen molar-refractivity contribution in [3.8, 4) is 0 Å². The van der Waals surface area contributed by atoms with Crippen LogP contribution in [0, 0.1) is 0 Å². The Labute approximate surface area is 468 Å². The first kappa shape index (κ1) is 74.2. The molecule has 0 radical (unpaired) electrons. The van der Waals surface area contributed by atoms with E-state index < -0.39 is 72.3 Å². The summed E-state index contributed by atoms with van der Waals surface area (Å²) in [6, 6.07) is 22.7. The van der Waals surface area contributed by atoms with Crippen LogP contribution in [-0.4, -0.2) is 141 Å². The third-order valence-corrected chi connectivity index (χ3v) is 11.5. The molecule has 4 rings (SSSR count). The maximum atomic E-state index is 12.2. The van der Waals surface area contributed by atoms with E-state index in [2.05, 4.69) is 15.5 Å². The van der Waals surface area contributed by atoms with Crippen LogP contribution in [0.25, 0.3) is 0 Å². The summed E-state index contributed by atoms with van der Waals surface area (Å²) in [4.78, 5) is 90.1. The number of ketones is 1. The van der Waals surface area contributed by atoms with Gasteiger partial charge in [0.2, 0.25) is 5.91 Å². The lowest BCUT2D eigenvalue weighted by molar-refractivity contribution is -0.280. The SMILES string of the molecule is CC(=O)NCCCCCN.CC(N)C(=O)O.CCC(CC(N)C(=O)O)OO.NC(CCCNC(=O)OCCc1ccccc1Cl)C(=O)O.NC(Cc1ccc(C(=O)c2ccccc2)cc1)C(=O)O.N[C@@H](Cc1cccs1)C(=O)O. The van der Waals surface area contributed by atoms with Crippen molar-refractivity contribution in [2.45, 2.75) is 121 Å². The average molecular weight is 1150 g/mol. The fourth-order valence-corrected chi connectivity index (χ4v) is 6.64. The Morgan fingerprint density at radius 2 is 1.16 bits per heavy atom. The van der Waals surface area contributed by atoms with Gasteiger partial charge >= 0.3 is 35.9 Å². The summed E-state index contributed by atoms with van der Waals surface area (Å²) < 4.78 is 5.00. The van der Waals surface area contributed by atoms with Gasteiger partial charge in [0.1, 0.15) is 30.2 Å². The Morgan fingerprint density at radius 3 is 1.65 bits per heavy atom. The van der Waals surface area contributed by atoms with Crippen LogP contribution in [0.15, 0.2) is 96.4 Å². The number of carboxylic acids is 5. The van der Waals surface area contributed by atoms with Gasteiger partial charge in [0.05, 0.1) is 12.7 Å². The molecule has 1 heterocycles. The number of thiophene rings is 1. The van der Waals surface area contributed by atoms with Gasteiger partial charge in [-0.1, -0.05) is 104 Å². The van der Waals surface area contributed by atoms with Gasteiger partial charge in [-0.25, -0.2) is 9.68 Å². The molecule has 0 fully saturated rings. The zero-order valence-corrected chi connectivity index (χ0v) is 46.2. The average Bonchev–Trinajstić information content (AvgIpc) is 3.93. The summed E-state index contributed by atoms with van der Waals surface area (Å²) in [5.74, 6) is -5.08. The summed E-state index contributed by atoms with van der Waals surface area (Å²) in [6.07, 6.45) is 4.83. The number of hydrogen-bond acceptors (Lipinski definition) is 18. The third kappa shape index (κ3) is 39.2. The molecule has 0 aliphatic carbocycles. The molecule has 1 aromatic heterocycles. The van der Waals surface area contributed by atoms with E-state index in [1.165, 1.54) is 25.2 Å². The minimum Gasteiger partial charge on any atom is -0.480 e. The Balaban J connectivity index is 0. The number of carbonyl (C=O) groups excluding carboxylic acids is 3. The van der Waals surface area contributed by atoms with Crippen molar-refractivity contribution in [2.75, 3.05) is 26.2 Å². The summed E-state index contributed by atoms with van der Waals surface area (Å²) in [5.41, 5.74) is 34.3. The van der Waals surface area contributed by atoms with Crippen LogP contribution in [0.4, 0.5) is 4.79 Å². The smallest absolute Gasteiger partial charge is 0.407 e. The Kier molecular flexibility index (Phi) is 42.2. The first-order chi connectivity index (χ1) is 37.3. The van der Waals surface area contributed by atoms with Crippen LogP contribution in [-0.2, 0) is 57.7 Å². The molecule has 6 atom stereocenters. The minimum atomic E-state index is -1.08. The number of aliphatic carboxylic acids is 5. The molecule has 26 heteroatoms. The maximum Gasteiger partial charge on any atom is 0.407 e. The molecule has 0 aliphatic rings. The van der Waals surface area contributed by atoms with Crippen molar-refractivity contribution < 1.29 is 78.8 Å². The fraction of sp³-hybridized carbons (Fsp3) is 0.434. The molecule has 0 bridgehead atoms. The fourth-order valence-electron chi connectivity index (χ4n) is 5.64. The van der Waals surface area contributed by atoms with E-state index in [0.29, 0.717) is 54.8 Å². The number of rotatable bonds is 27. The molecule has 79 heavy (non-hydrogen) atoms. The van der Waals surface area contributed by atoms with Gasteiger partial charge in [0.25, 0.3) is 0 Å². The highest BCUT2D eigenvalue weighted by Gasteiger charge is 2.18. The van der Waals surface area contributed by atoms with Gasteiger partial charge in [0, 0.05) is 60.3 Å². The van der Waals surface area contributed by atoms with Crippen molar-refractivity contribution >= 4 is 70.6 Å². The second-order valence-corrected chi connectivity index (χ2v) is 18.5. The number of carbonyl (C=O) groups is 8. The van der Waals surface area contributed by atoms with E-state index >= 15 is 0 Å². The Hall–Kier alpha value is -6.91. The Bertz CT molecular complexity index is 2350. The topological polar surface area (TPSA) is 457 Å². The summed E-state index contributed by atoms with van der Waals surface area (Å²) in [6.45, 7) is 6.81. The van der Waals surface area contributed by atoms with E-state index in [1.54, 1.807) is 49.4 Å². The predicted molar refractivity (Wildman–Crippen MR) is 300 cm³/mol. The largest absolute Gasteiger partial charge is 0.480 e. The van der Waals surface area contributed by atoms with Crippen LogP contribution in [0.5, 0.6) is 0 Å². The predicted octanol–water partition coefficient (Wildman–Crippen LogP) is 4.10. The third-order valence-electron chi connectivity index (χ3n) is 10.3. The lowest BCUT2D eigenvalue weighted by Crippen LogP contribution is -2.34. The summed E-state index contributed by atoms with van der Waals surface area (Å²) in [5, 5.41) is 58.0. The minimum absolute atomic E-state index is 0.0488. The molecule has 2 amide bonds. The highest BCUT2D eigenvalue weighted by Crippen LogP contribution is 2.16. The van der Waals surface area contributed by atoms with Crippen molar-refractivity contribution in [1.29, 1.82) is 0 Å². The zero-order valence-electron chi connectivity index (χ0n) is 44.6. The molecule has 20 N–H and O–H groups in total. The molecule has 440 valence electrons. The maximum absolute atomic E-state index is 12.2. The molecular formula is C53H79ClN8O16S. The lowest BCUT2D eigenvalue weighted by Gasteiger charge is -2.12. The van der Waals surface area contributed by atoms with Crippen LogP contribution in [0.1, 0.15) is 97.6 Å². The van der Waals surface area contributed by atoms with E-state index in [1.807, 2.05) is 53.9 Å². The van der Waals surface area contributed by atoms with Gasteiger partial charge in [0.15, 0.2) is 5.78 Å². The quantitative estimate of drug-likeness (QED) is 0.0173. The number of nitrogens with one attached hydrogen (secondary N) is 2. The van der Waals surface area contributed by atoms with Gasteiger partial charge in [-0.15, -0.1) is 11.3 Å². The second-order valence-electron chi connectivity index (χ2n) is 17.0. The summed E-state index contributed by atoms with van der Waals surface area (Å²) >= 11 is 7.51. The Morgan fingerprint density at radius 1 is 0.633 bits per heavy atom. The number of alkyl carbamates (subject to hydrolysis) is 1. The van der Waals surface area contributed by atoms with Crippen molar-refractivity contribution in [3.05, 3.63) is 129 Å². The number of carboxylic acid groups (broad SMARTS) is 5. The number of amides is 2. The first-order valence-corrected chi connectivity index (χ1v) is 26.1. The second kappa shape index (κ2) is 45.0. The lowest BCUT2D eigenvalue weighted by atomic mass is 10.00. The number of benzene rings is 3. The number of halogens is 1. The highest BCUT2D eigenvalue weighted by molar-refractivity contribution is 7.09. The van der Waals surface area contributed by atoms with Gasteiger partial charge in [-0.05, 0) is 80.6 Å². The number of nitrogens with two attached hydrogens (primary N) is 6. The monoisotopic (exact) mass is 1150 g/mol. The molecule has 3 aromatic carbocycles. The van der Waals surface area contributed by atoms with Crippen molar-refractivity contribution in [1.82, 2.24) is 10.6 Å². The molecule has 0 aliphatic heterocycles. The molecule has 4 aromatic rings. The van der Waals surface area contributed by atoms with E-state index in [4.69, 9.17) is 81.5 Å². The number of unbranched alkanes of at least 4 members (excludes halogenated alkanes) is 2. The van der Waals surface area contributed by atoms with Gasteiger partial charge in [-0.3, -0.25) is 38.8 Å². The van der Waals surface area contributed by atoms with Crippen LogP contribution in [0.2, 0.25) is 5.02 Å². The van der Waals surface area contributed by atoms with Crippen molar-refractivity contribution in [2.24, 2.45) is 34.4 Å². The molecule has 5 unspecified atom stereocenters. The van der Waals surface area contributed by atoms with Gasteiger partial charge < -0.3 is 75.3 Å². The van der Waals surface area contributed by atoms with E-state index in [9.17, 15) is 38.4 Å². The molecule has 24 nitrogen and oxygen atoms in total. The number of ether oxygens (including phenoxy) is 1. The normalized spacial score (nSPS) is 12.3. The first-order valence-electron chi connectivity index (χ1n) is 24.8. The zero-order chi connectivity index (χ0) is 60.3. The number of hydrogen-bond donors (Lipinski definition) is 14. The highest BCUT2D eigenvalue weighted by atomic mass is 35.5. The van der Waals surface area contributed by atoms with E-state index in [-0.39, 0.29) is 31.1 Å². The molecule has 0 spiro atoms. The molecule has 0 saturated carbocycles. The van der Waals surface area contributed by atoms with Crippen LogP contribution < -0.4 is 45.0 Å².